The number of hydrogen-bond donors (Lipinski definition) is 0. The molecule has 3 fully saturated rings. The molecule has 0 aromatic rings. The molecule has 3 aliphatic rings. The average Bonchev–Trinajstić information content (AvgIpc) is 3.13. The summed E-state index contributed by atoms with van der Waals surface area (Å²) in [7, 11) is 0. The van der Waals surface area contributed by atoms with Crippen molar-refractivity contribution in [3.63, 3.8) is 0 Å². The Kier molecular flexibility index (Phi) is 4.48. The molecule has 3 saturated carbocycles. The minimum atomic E-state index is 0.769. The van der Waals surface area contributed by atoms with Crippen LogP contribution < -0.4 is 0 Å². The molecule has 0 heterocycles. The molecule has 116 valence electrons. The average molecular weight is 277 g/mol. The molecule has 2 unspecified atom stereocenters. The molecular formula is C20H36. The van der Waals surface area contributed by atoms with E-state index in [-0.39, 0.29) is 0 Å². The van der Waals surface area contributed by atoms with Crippen molar-refractivity contribution >= 4 is 0 Å². The summed E-state index contributed by atoms with van der Waals surface area (Å²) in [4.78, 5) is 0. The predicted octanol–water partition coefficient (Wildman–Crippen LogP) is 6.45. The van der Waals surface area contributed by atoms with Crippen LogP contribution in [0.3, 0.4) is 0 Å². The summed E-state index contributed by atoms with van der Waals surface area (Å²) in [6, 6.07) is 0. The van der Waals surface area contributed by atoms with Crippen molar-refractivity contribution in [2.24, 2.45) is 35.0 Å². The van der Waals surface area contributed by atoms with Gasteiger partial charge in [0.2, 0.25) is 0 Å². The fraction of sp³-hybridized carbons (Fsp3) is 1.00. The van der Waals surface area contributed by atoms with Crippen molar-refractivity contribution in [3.05, 3.63) is 0 Å². The Balaban J connectivity index is 1.43. The van der Waals surface area contributed by atoms with Crippen LogP contribution in [0.4, 0.5) is 0 Å². The van der Waals surface area contributed by atoms with Gasteiger partial charge in [-0.25, -0.2) is 0 Å². The highest BCUT2D eigenvalue weighted by Gasteiger charge is 2.46. The van der Waals surface area contributed by atoms with E-state index in [9.17, 15) is 0 Å². The quantitative estimate of drug-likeness (QED) is 0.501. The minimum absolute atomic E-state index is 0.769. The zero-order valence-electron chi connectivity index (χ0n) is 14.2. The molecule has 20 heavy (non-hydrogen) atoms. The van der Waals surface area contributed by atoms with Gasteiger partial charge in [-0.15, -0.1) is 0 Å². The molecule has 0 aliphatic heterocycles. The highest BCUT2D eigenvalue weighted by Crippen LogP contribution is 2.57. The second-order valence-corrected chi connectivity index (χ2v) is 8.78. The summed E-state index contributed by atoms with van der Waals surface area (Å²) in [6.07, 6.45) is 16.8. The smallest absolute Gasteiger partial charge is 0.0295 e. The van der Waals surface area contributed by atoms with Crippen molar-refractivity contribution in [1.82, 2.24) is 0 Å². The van der Waals surface area contributed by atoms with Gasteiger partial charge < -0.3 is 0 Å². The first kappa shape index (κ1) is 14.9. The summed E-state index contributed by atoms with van der Waals surface area (Å²) < 4.78 is 0. The lowest BCUT2D eigenvalue weighted by molar-refractivity contribution is -0.000677. The lowest BCUT2D eigenvalue weighted by atomic mass is 9.54. The van der Waals surface area contributed by atoms with Crippen molar-refractivity contribution < 1.29 is 0 Å². The van der Waals surface area contributed by atoms with Gasteiger partial charge in [0.15, 0.2) is 0 Å². The van der Waals surface area contributed by atoms with Gasteiger partial charge in [0.25, 0.3) is 0 Å². The van der Waals surface area contributed by atoms with E-state index in [0.29, 0.717) is 0 Å². The lowest BCUT2D eigenvalue weighted by Gasteiger charge is -2.51. The Morgan fingerprint density at radius 3 is 2.15 bits per heavy atom. The fourth-order valence-corrected chi connectivity index (χ4v) is 5.37. The number of rotatable bonds is 7. The second-order valence-electron chi connectivity index (χ2n) is 8.78. The third kappa shape index (κ3) is 3.09. The molecule has 0 heteroatoms. The summed E-state index contributed by atoms with van der Waals surface area (Å²) in [5.41, 5.74) is 0.769. The normalized spacial score (nSPS) is 37.6. The SMILES string of the molecule is CCC1(CCC(C)C(C)C2CC2)CC(C2CCCC2)C1. The Morgan fingerprint density at radius 1 is 0.950 bits per heavy atom. The highest BCUT2D eigenvalue weighted by molar-refractivity contribution is 4.96. The zero-order valence-corrected chi connectivity index (χ0v) is 14.2. The van der Waals surface area contributed by atoms with Crippen LogP contribution in [0.2, 0.25) is 0 Å². The van der Waals surface area contributed by atoms with Crippen LogP contribution in [0, 0.1) is 35.0 Å². The Morgan fingerprint density at radius 2 is 1.60 bits per heavy atom. The third-order valence-electron chi connectivity index (χ3n) is 7.60. The van der Waals surface area contributed by atoms with Crippen molar-refractivity contribution in [2.45, 2.75) is 91.4 Å². The summed E-state index contributed by atoms with van der Waals surface area (Å²) in [5.74, 6) is 5.30. The van der Waals surface area contributed by atoms with Crippen molar-refractivity contribution in [3.8, 4) is 0 Å². The molecule has 0 radical (unpaired) electrons. The van der Waals surface area contributed by atoms with Gasteiger partial charge in [0, 0.05) is 0 Å². The largest absolute Gasteiger partial charge is 0.0649 e. The maximum absolute atomic E-state index is 2.53. The van der Waals surface area contributed by atoms with Gasteiger partial charge in [0.1, 0.15) is 0 Å². The molecule has 0 aromatic carbocycles. The van der Waals surface area contributed by atoms with Crippen LogP contribution in [-0.2, 0) is 0 Å². The first-order valence-electron chi connectivity index (χ1n) is 9.63. The zero-order chi connectivity index (χ0) is 14.2. The molecule has 0 saturated heterocycles. The van der Waals surface area contributed by atoms with E-state index in [1.807, 2.05) is 0 Å². The molecule has 0 N–H and O–H groups in total. The minimum Gasteiger partial charge on any atom is -0.0649 e. The molecule has 0 bridgehead atoms. The summed E-state index contributed by atoms with van der Waals surface area (Å²) in [5, 5.41) is 0. The van der Waals surface area contributed by atoms with Crippen LogP contribution >= 0.6 is 0 Å². The molecule has 0 amide bonds. The van der Waals surface area contributed by atoms with E-state index in [2.05, 4.69) is 20.8 Å². The molecule has 0 nitrogen and oxygen atoms in total. The predicted molar refractivity (Wildman–Crippen MR) is 87.7 cm³/mol. The van der Waals surface area contributed by atoms with E-state index >= 15 is 0 Å². The Hall–Kier alpha value is 0. The molecule has 2 atom stereocenters. The topological polar surface area (TPSA) is 0 Å². The fourth-order valence-electron chi connectivity index (χ4n) is 5.37. The van der Waals surface area contributed by atoms with Crippen molar-refractivity contribution in [2.75, 3.05) is 0 Å². The second kappa shape index (κ2) is 6.01. The van der Waals surface area contributed by atoms with E-state index in [1.54, 1.807) is 25.7 Å². The Labute approximate surface area is 127 Å². The first-order valence-corrected chi connectivity index (χ1v) is 9.63. The van der Waals surface area contributed by atoms with E-state index in [0.717, 1.165) is 35.0 Å². The summed E-state index contributed by atoms with van der Waals surface area (Å²) in [6.45, 7) is 7.50. The van der Waals surface area contributed by atoms with Gasteiger partial charge in [-0.1, -0.05) is 52.9 Å². The molecule has 0 aromatic heterocycles. The maximum atomic E-state index is 2.53. The number of hydrogen-bond acceptors (Lipinski definition) is 0. The maximum Gasteiger partial charge on any atom is -0.0295 e. The Bertz CT molecular complexity index is 302. The van der Waals surface area contributed by atoms with Gasteiger partial charge in [-0.05, 0) is 73.5 Å². The summed E-state index contributed by atoms with van der Waals surface area (Å²) >= 11 is 0. The van der Waals surface area contributed by atoms with Gasteiger partial charge in [0.05, 0.1) is 0 Å². The van der Waals surface area contributed by atoms with E-state index in [1.165, 1.54) is 44.9 Å². The standard InChI is InChI=1S/C20H36/c1-4-20(12-11-15(2)16(3)17-9-10-17)13-19(14-20)18-7-5-6-8-18/h15-19H,4-14H2,1-3H3. The van der Waals surface area contributed by atoms with Crippen LogP contribution in [0.5, 0.6) is 0 Å². The molecule has 0 spiro atoms. The van der Waals surface area contributed by atoms with Crippen LogP contribution in [0.15, 0.2) is 0 Å². The highest BCUT2D eigenvalue weighted by atomic mass is 14.5. The monoisotopic (exact) mass is 276 g/mol. The lowest BCUT2D eigenvalue weighted by Crippen LogP contribution is -2.40. The molecule has 3 rings (SSSR count). The van der Waals surface area contributed by atoms with Crippen molar-refractivity contribution in [1.29, 1.82) is 0 Å². The van der Waals surface area contributed by atoms with Gasteiger partial charge in [-0.2, -0.15) is 0 Å². The van der Waals surface area contributed by atoms with E-state index in [4.69, 9.17) is 0 Å². The van der Waals surface area contributed by atoms with Crippen LogP contribution in [-0.4, -0.2) is 0 Å². The molecular weight excluding hydrogens is 240 g/mol. The first-order chi connectivity index (χ1) is 9.63. The van der Waals surface area contributed by atoms with Crippen LogP contribution in [0.1, 0.15) is 91.4 Å². The van der Waals surface area contributed by atoms with Crippen LogP contribution in [0.25, 0.3) is 0 Å². The molecule has 3 aliphatic carbocycles. The van der Waals surface area contributed by atoms with Gasteiger partial charge >= 0.3 is 0 Å². The van der Waals surface area contributed by atoms with Gasteiger partial charge in [-0.3, -0.25) is 0 Å². The van der Waals surface area contributed by atoms with E-state index < -0.39 is 0 Å². The third-order valence-corrected chi connectivity index (χ3v) is 7.60.